The standard InChI is InChI=1S/C12H12N2O2.C12H12N2O.C12H14N2/c1-7-10-4-3-8(12(15)16)5-9(10)6-11(13-2)14-7;1-8-11-4-3-9(7-15)5-10(11)6-12(13-2)14-8;1-8-4-5-11-9(2)14-12(13-3)7-10(11)6-8/h3-6H,1-2H3,(H,13,14)(H,15,16);3-7H,1-2H3,(H,13,14);4-7H,1-3H3,(H,13,14). The Bertz CT molecular complexity index is 2020. The van der Waals surface area contributed by atoms with Crippen LogP contribution in [0.15, 0.2) is 72.8 Å². The molecule has 0 bridgehead atoms. The summed E-state index contributed by atoms with van der Waals surface area (Å²) in [4.78, 5) is 34.7. The highest BCUT2D eigenvalue weighted by atomic mass is 16.4. The minimum absolute atomic E-state index is 0.292. The van der Waals surface area contributed by atoms with Crippen molar-refractivity contribution in [2.24, 2.45) is 0 Å². The van der Waals surface area contributed by atoms with E-state index in [1.807, 2.05) is 65.2 Å². The number of pyridine rings is 3. The Morgan fingerprint density at radius 3 is 1.47 bits per heavy atom. The zero-order chi connectivity index (χ0) is 32.7. The molecule has 0 spiro atoms. The highest BCUT2D eigenvalue weighted by Gasteiger charge is 2.07. The van der Waals surface area contributed by atoms with Gasteiger partial charge in [-0.15, -0.1) is 0 Å². The van der Waals surface area contributed by atoms with E-state index in [-0.39, 0.29) is 0 Å². The van der Waals surface area contributed by atoms with E-state index in [0.29, 0.717) is 11.1 Å². The van der Waals surface area contributed by atoms with Gasteiger partial charge in [0, 0.05) is 59.9 Å². The molecule has 0 aliphatic rings. The summed E-state index contributed by atoms with van der Waals surface area (Å²) in [5.74, 6) is 1.58. The molecule has 0 aliphatic heterocycles. The number of carbonyl (C=O) groups excluding carboxylic acids is 1. The number of nitrogens with one attached hydrogen (secondary N) is 3. The highest BCUT2D eigenvalue weighted by molar-refractivity contribution is 5.96. The lowest BCUT2D eigenvalue weighted by Crippen LogP contribution is -1.98. The van der Waals surface area contributed by atoms with Crippen molar-refractivity contribution in [1.29, 1.82) is 0 Å². The van der Waals surface area contributed by atoms with Gasteiger partial charge in [-0.05, 0) is 80.3 Å². The minimum Gasteiger partial charge on any atom is -0.478 e. The number of aryl methyl sites for hydroxylation is 4. The number of aromatic nitrogens is 3. The molecule has 45 heavy (non-hydrogen) atoms. The number of aromatic carboxylic acids is 1. The molecule has 0 fully saturated rings. The van der Waals surface area contributed by atoms with Gasteiger partial charge in [-0.25, -0.2) is 19.7 Å². The highest BCUT2D eigenvalue weighted by Crippen LogP contribution is 2.23. The summed E-state index contributed by atoms with van der Waals surface area (Å²) in [6.45, 7) is 8.01. The molecule has 0 radical (unpaired) electrons. The Balaban J connectivity index is 0.000000154. The zero-order valence-corrected chi connectivity index (χ0v) is 26.6. The molecule has 3 heterocycles. The lowest BCUT2D eigenvalue weighted by atomic mass is 10.1. The van der Waals surface area contributed by atoms with Crippen molar-refractivity contribution in [2.75, 3.05) is 37.1 Å². The summed E-state index contributed by atoms with van der Waals surface area (Å²) in [6, 6.07) is 23.0. The van der Waals surface area contributed by atoms with E-state index >= 15 is 0 Å². The average Bonchev–Trinajstić information content (AvgIpc) is 3.04. The fraction of sp³-hybridized carbons (Fsp3) is 0.194. The molecule has 230 valence electrons. The molecule has 4 N–H and O–H groups in total. The van der Waals surface area contributed by atoms with Crippen LogP contribution in [0, 0.1) is 27.7 Å². The molecule has 0 atom stereocenters. The van der Waals surface area contributed by atoms with Crippen LogP contribution < -0.4 is 16.0 Å². The Morgan fingerprint density at radius 1 is 0.600 bits per heavy atom. The Hall–Kier alpha value is -5.57. The molecule has 6 aromatic rings. The van der Waals surface area contributed by atoms with Crippen LogP contribution in [0.2, 0.25) is 0 Å². The lowest BCUT2D eigenvalue weighted by Gasteiger charge is -2.06. The van der Waals surface area contributed by atoms with Gasteiger partial charge >= 0.3 is 5.97 Å². The molecule has 0 unspecified atom stereocenters. The van der Waals surface area contributed by atoms with Gasteiger partial charge < -0.3 is 21.1 Å². The number of fused-ring (bicyclic) bond motifs is 3. The van der Waals surface area contributed by atoms with Gasteiger partial charge in [0.2, 0.25) is 0 Å². The smallest absolute Gasteiger partial charge is 0.335 e. The molecule has 3 aromatic carbocycles. The number of anilines is 3. The number of hydrogen-bond donors (Lipinski definition) is 4. The average molecular weight is 603 g/mol. The van der Waals surface area contributed by atoms with E-state index in [1.54, 1.807) is 25.2 Å². The number of nitrogens with zero attached hydrogens (tertiary/aromatic N) is 3. The van der Waals surface area contributed by atoms with Crippen LogP contribution in [0.3, 0.4) is 0 Å². The van der Waals surface area contributed by atoms with Gasteiger partial charge in [0.15, 0.2) is 0 Å². The Kier molecular flexibility index (Phi) is 10.3. The van der Waals surface area contributed by atoms with Crippen molar-refractivity contribution in [3.63, 3.8) is 0 Å². The molecule has 3 aromatic heterocycles. The van der Waals surface area contributed by atoms with Crippen molar-refractivity contribution < 1.29 is 14.7 Å². The minimum atomic E-state index is -0.914. The third kappa shape index (κ3) is 7.69. The fourth-order valence-corrected chi connectivity index (χ4v) is 5.02. The fourth-order valence-electron chi connectivity index (χ4n) is 5.02. The maximum Gasteiger partial charge on any atom is 0.335 e. The third-order valence-electron chi connectivity index (χ3n) is 7.40. The molecule has 0 saturated carbocycles. The quantitative estimate of drug-likeness (QED) is 0.148. The first kappa shape index (κ1) is 32.3. The van der Waals surface area contributed by atoms with Crippen LogP contribution in [0.5, 0.6) is 0 Å². The predicted octanol–water partition coefficient (Wildman–Crippen LogP) is 7.57. The summed E-state index contributed by atoms with van der Waals surface area (Å²) >= 11 is 0. The van der Waals surface area contributed by atoms with Crippen molar-refractivity contribution in [3.8, 4) is 0 Å². The summed E-state index contributed by atoms with van der Waals surface area (Å²) < 4.78 is 0. The Labute approximate surface area is 262 Å². The Morgan fingerprint density at radius 2 is 1.02 bits per heavy atom. The second kappa shape index (κ2) is 14.3. The third-order valence-corrected chi connectivity index (χ3v) is 7.40. The number of rotatable bonds is 5. The molecule has 9 heteroatoms. The molecular formula is C36H38N6O3. The van der Waals surface area contributed by atoms with Gasteiger partial charge in [-0.1, -0.05) is 42.0 Å². The zero-order valence-electron chi connectivity index (χ0n) is 26.6. The topological polar surface area (TPSA) is 129 Å². The number of carboxylic acids is 1. The first-order chi connectivity index (χ1) is 21.6. The van der Waals surface area contributed by atoms with Crippen LogP contribution in [0.4, 0.5) is 17.5 Å². The maximum atomic E-state index is 10.9. The van der Waals surface area contributed by atoms with Crippen LogP contribution in [-0.4, -0.2) is 53.5 Å². The second-order valence-corrected chi connectivity index (χ2v) is 10.6. The monoisotopic (exact) mass is 602 g/mol. The number of carbonyl (C=O) groups is 2. The van der Waals surface area contributed by atoms with E-state index in [0.717, 1.165) is 62.4 Å². The van der Waals surface area contributed by atoms with Gasteiger partial charge in [0.1, 0.15) is 23.7 Å². The van der Waals surface area contributed by atoms with E-state index in [9.17, 15) is 9.59 Å². The van der Waals surface area contributed by atoms with Crippen LogP contribution >= 0.6 is 0 Å². The molecule has 0 saturated heterocycles. The molecule has 9 nitrogen and oxygen atoms in total. The van der Waals surface area contributed by atoms with E-state index in [2.05, 4.69) is 62.1 Å². The normalized spacial score (nSPS) is 10.4. The van der Waals surface area contributed by atoms with Crippen LogP contribution in [0.1, 0.15) is 43.4 Å². The van der Waals surface area contributed by atoms with Crippen molar-refractivity contribution in [1.82, 2.24) is 15.0 Å². The first-order valence-electron chi connectivity index (χ1n) is 14.5. The van der Waals surface area contributed by atoms with Crippen molar-refractivity contribution in [2.45, 2.75) is 27.7 Å². The molecule has 0 aliphatic carbocycles. The largest absolute Gasteiger partial charge is 0.478 e. The number of benzene rings is 3. The van der Waals surface area contributed by atoms with E-state index in [4.69, 9.17) is 5.11 Å². The summed E-state index contributed by atoms with van der Waals surface area (Å²) in [7, 11) is 5.51. The van der Waals surface area contributed by atoms with Crippen molar-refractivity contribution in [3.05, 3.63) is 107 Å². The lowest BCUT2D eigenvalue weighted by molar-refractivity contribution is 0.0697. The maximum absolute atomic E-state index is 10.9. The number of carboxylic acid groups (broad SMARTS) is 1. The second-order valence-electron chi connectivity index (χ2n) is 10.6. The summed E-state index contributed by atoms with van der Waals surface area (Å²) in [6.07, 6.45) is 0.855. The summed E-state index contributed by atoms with van der Waals surface area (Å²) in [5, 5.41) is 24.4. The van der Waals surface area contributed by atoms with Gasteiger partial charge in [-0.2, -0.15) is 0 Å². The predicted molar refractivity (Wildman–Crippen MR) is 185 cm³/mol. The van der Waals surface area contributed by atoms with E-state index < -0.39 is 5.97 Å². The van der Waals surface area contributed by atoms with Crippen LogP contribution in [-0.2, 0) is 0 Å². The first-order valence-corrected chi connectivity index (χ1v) is 14.5. The summed E-state index contributed by atoms with van der Waals surface area (Å²) in [5.41, 5.74) is 5.19. The number of hydrogen-bond acceptors (Lipinski definition) is 8. The van der Waals surface area contributed by atoms with Gasteiger partial charge in [-0.3, -0.25) is 4.79 Å². The molecular weight excluding hydrogens is 564 g/mol. The van der Waals surface area contributed by atoms with Crippen LogP contribution in [0.25, 0.3) is 32.3 Å². The SMILES string of the molecule is CNc1cc2cc(C(=O)O)ccc2c(C)n1.CNc1cc2cc(C)ccc2c(C)n1.CNc1cc2cc(C=O)ccc2c(C)n1. The number of aldehydes is 1. The molecule has 6 rings (SSSR count). The van der Waals surface area contributed by atoms with E-state index in [1.165, 1.54) is 16.3 Å². The van der Waals surface area contributed by atoms with Gasteiger partial charge in [0.05, 0.1) is 5.56 Å². The van der Waals surface area contributed by atoms with Gasteiger partial charge in [0.25, 0.3) is 0 Å². The molecule has 0 amide bonds. The van der Waals surface area contributed by atoms with Crippen molar-refractivity contribution >= 4 is 62.0 Å².